The third-order valence-corrected chi connectivity index (χ3v) is 3.40. The van der Waals surface area contributed by atoms with Gasteiger partial charge in [-0.1, -0.05) is 6.42 Å². The van der Waals surface area contributed by atoms with E-state index in [1.54, 1.807) is 0 Å². The minimum atomic E-state index is 0.332. The number of hydrogen-bond donors (Lipinski definition) is 2. The second kappa shape index (κ2) is 5.21. The van der Waals surface area contributed by atoms with Crippen LogP contribution in [0.5, 0.6) is 0 Å². The Kier molecular flexibility index (Phi) is 3.66. The van der Waals surface area contributed by atoms with Crippen LogP contribution < -0.4 is 16.0 Å². The molecule has 1 aromatic heterocycles. The molecule has 5 nitrogen and oxygen atoms in total. The molecule has 0 amide bonds. The lowest BCUT2D eigenvalue weighted by molar-refractivity contribution is 0.318. The molecule has 1 aromatic rings. The summed E-state index contributed by atoms with van der Waals surface area (Å²) >= 11 is 0. The van der Waals surface area contributed by atoms with Crippen LogP contribution in [0.2, 0.25) is 0 Å². The van der Waals surface area contributed by atoms with Crippen LogP contribution in [0.4, 0.5) is 17.6 Å². The summed E-state index contributed by atoms with van der Waals surface area (Å²) in [5, 5.41) is 3.01. The van der Waals surface area contributed by atoms with Gasteiger partial charge in [0, 0.05) is 26.2 Å². The van der Waals surface area contributed by atoms with E-state index in [2.05, 4.69) is 27.1 Å². The number of rotatable bonds is 5. The van der Waals surface area contributed by atoms with Crippen molar-refractivity contribution in [1.82, 2.24) is 9.97 Å². The van der Waals surface area contributed by atoms with E-state index in [-0.39, 0.29) is 0 Å². The normalized spacial score (nSPS) is 15.4. The lowest BCUT2D eigenvalue weighted by Gasteiger charge is -2.32. The van der Waals surface area contributed by atoms with E-state index in [0.29, 0.717) is 5.95 Å². The van der Waals surface area contributed by atoms with Crippen LogP contribution >= 0.6 is 0 Å². The zero-order valence-electron chi connectivity index (χ0n) is 10.6. The number of aromatic nitrogens is 2. The Bertz CT molecular complexity index is 375. The van der Waals surface area contributed by atoms with Gasteiger partial charge in [-0.2, -0.15) is 9.97 Å². The molecule has 1 heterocycles. The molecule has 0 aliphatic heterocycles. The summed E-state index contributed by atoms with van der Waals surface area (Å²) in [6.45, 7) is 4.18. The van der Waals surface area contributed by atoms with Crippen LogP contribution in [-0.2, 0) is 0 Å². The first kappa shape index (κ1) is 12.0. The predicted octanol–water partition coefficient (Wildman–Crippen LogP) is 1.73. The maximum atomic E-state index is 5.72. The number of nitrogens with zero attached hydrogens (tertiary/aromatic N) is 3. The predicted molar refractivity (Wildman–Crippen MR) is 71.2 cm³/mol. The van der Waals surface area contributed by atoms with E-state index in [1.165, 1.54) is 19.3 Å². The van der Waals surface area contributed by atoms with Gasteiger partial charge in [0.1, 0.15) is 11.6 Å². The van der Waals surface area contributed by atoms with E-state index in [1.807, 2.05) is 13.1 Å². The molecule has 1 fully saturated rings. The summed E-state index contributed by atoms with van der Waals surface area (Å²) in [6, 6.07) is 1.96. The van der Waals surface area contributed by atoms with Crippen molar-refractivity contribution in [3.8, 4) is 0 Å². The minimum absolute atomic E-state index is 0.332. The minimum Gasteiger partial charge on any atom is -0.373 e. The fourth-order valence-electron chi connectivity index (χ4n) is 2.11. The molecule has 0 aromatic carbocycles. The van der Waals surface area contributed by atoms with Crippen LogP contribution in [0.25, 0.3) is 0 Å². The monoisotopic (exact) mass is 235 g/mol. The highest BCUT2D eigenvalue weighted by Crippen LogP contribution is 2.28. The van der Waals surface area contributed by atoms with Gasteiger partial charge in [-0.15, -0.1) is 0 Å². The van der Waals surface area contributed by atoms with Crippen molar-refractivity contribution in [3.05, 3.63) is 6.07 Å². The van der Waals surface area contributed by atoms with E-state index in [0.717, 1.165) is 30.6 Å². The molecule has 0 bridgehead atoms. The Morgan fingerprint density at radius 3 is 2.76 bits per heavy atom. The third kappa shape index (κ3) is 2.78. The van der Waals surface area contributed by atoms with E-state index in [9.17, 15) is 0 Å². The molecule has 1 saturated carbocycles. The molecule has 1 aliphatic carbocycles. The van der Waals surface area contributed by atoms with Gasteiger partial charge in [0.05, 0.1) is 0 Å². The fourth-order valence-corrected chi connectivity index (χ4v) is 2.11. The molecular formula is C12H21N5. The number of anilines is 3. The van der Waals surface area contributed by atoms with Crippen LogP contribution in [0.1, 0.15) is 26.2 Å². The van der Waals surface area contributed by atoms with Gasteiger partial charge in [0.2, 0.25) is 5.95 Å². The van der Waals surface area contributed by atoms with Gasteiger partial charge in [0.25, 0.3) is 0 Å². The van der Waals surface area contributed by atoms with E-state index < -0.39 is 0 Å². The molecule has 0 spiro atoms. The van der Waals surface area contributed by atoms with Gasteiger partial charge < -0.3 is 16.0 Å². The second-order valence-electron chi connectivity index (χ2n) is 4.56. The molecule has 2 rings (SSSR count). The van der Waals surface area contributed by atoms with E-state index >= 15 is 0 Å². The Morgan fingerprint density at radius 2 is 2.24 bits per heavy atom. The summed E-state index contributed by atoms with van der Waals surface area (Å²) in [5.41, 5.74) is 5.72. The topological polar surface area (TPSA) is 67.1 Å². The van der Waals surface area contributed by atoms with Crippen LogP contribution in [0.15, 0.2) is 6.07 Å². The first-order valence-electron chi connectivity index (χ1n) is 6.30. The first-order valence-corrected chi connectivity index (χ1v) is 6.30. The van der Waals surface area contributed by atoms with E-state index in [4.69, 9.17) is 5.73 Å². The number of nitrogens with one attached hydrogen (secondary N) is 1. The van der Waals surface area contributed by atoms with Crippen molar-refractivity contribution in [1.29, 1.82) is 0 Å². The maximum Gasteiger partial charge on any atom is 0.223 e. The average molecular weight is 235 g/mol. The molecule has 0 radical (unpaired) electrons. The van der Waals surface area contributed by atoms with Crippen LogP contribution in [0.3, 0.4) is 0 Å². The number of nitrogens with two attached hydrogens (primary N) is 1. The number of nitrogen functional groups attached to an aromatic ring is 1. The highest BCUT2D eigenvalue weighted by atomic mass is 15.2. The lowest BCUT2D eigenvalue weighted by atomic mass is 9.85. The molecule has 5 heteroatoms. The largest absolute Gasteiger partial charge is 0.373 e. The summed E-state index contributed by atoms with van der Waals surface area (Å²) in [4.78, 5) is 10.7. The second-order valence-corrected chi connectivity index (χ2v) is 4.56. The molecule has 0 unspecified atom stereocenters. The van der Waals surface area contributed by atoms with Crippen molar-refractivity contribution in [2.24, 2.45) is 5.92 Å². The summed E-state index contributed by atoms with van der Waals surface area (Å²) in [7, 11) is 1.84. The summed E-state index contributed by atoms with van der Waals surface area (Å²) < 4.78 is 0. The third-order valence-electron chi connectivity index (χ3n) is 3.40. The zero-order chi connectivity index (χ0) is 12.3. The smallest absolute Gasteiger partial charge is 0.223 e. The van der Waals surface area contributed by atoms with Gasteiger partial charge >= 0.3 is 0 Å². The van der Waals surface area contributed by atoms with Crippen molar-refractivity contribution >= 4 is 17.6 Å². The maximum absolute atomic E-state index is 5.72. The SMILES string of the molecule is CCN(CC1CCC1)c1cc(NC)nc(N)n1. The van der Waals surface area contributed by atoms with Crippen molar-refractivity contribution in [2.45, 2.75) is 26.2 Å². The fraction of sp³-hybridized carbons (Fsp3) is 0.667. The highest BCUT2D eigenvalue weighted by Gasteiger charge is 2.21. The van der Waals surface area contributed by atoms with Crippen LogP contribution in [-0.4, -0.2) is 30.1 Å². The summed E-state index contributed by atoms with van der Waals surface area (Å²) in [5.74, 6) is 2.86. The van der Waals surface area contributed by atoms with Gasteiger partial charge in [-0.25, -0.2) is 0 Å². The van der Waals surface area contributed by atoms with Crippen LogP contribution in [0, 0.1) is 5.92 Å². The Hall–Kier alpha value is -1.52. The molecule has 1 aliphatic rings. The first-order chi connectivity index (χ1) is 8.22. The number of hydrogen-bond acceptors (Lipinski definition) is 5. The van der Waals surface area contributed by atoms with Crippen molar-refractivity contribution < 1.29 is 0 Å². The lowest BCUT2D eigenvalue weighted by Crippen LogP contribution is -2.33. The average Bonchev–Trinajstić information content (AvgIpc) is 2.27. The quantitative estimate of drug-likeness (QED) is 0.813. The molecule has 0 atom stereocenters. The Morgan fingerprint density at radius 1 is 1.47 bits per heavy atom. The van der Waals surface area contributed by atoms with Crippen molar-refractivity contribution in [3.63, 3.8) is 0 Å². The molecular weight excluding hydrogens is 214 g/mol. The van der Waals surface area contributed by atoms with Gasteiger partial charge in [0.15, 0.2) is 0 Å². The Balaban J connectivity index is 2.13. The summed E-state index contributed by atoms with van der Waals surface area (Å²) in [6.07, 6.45) is 4.06. The Labute approximate surface area is 102 Å². The molecule has 17 heavy (non-hydrogen) atoms. The standard InChI is InChI=1S/C12H21N5/c1-3-17(8-9-5-4-6-9)11-7-10(14-2)15-12(13)16-11/h7,9H,3-6,8H2,1-2H3,(H3,13,14,15,16). The van der Waals surface area contributed by atoms with Crippen molar-refractivity contribution in [2.75, 3.05) is 36.1 Å². The molecule has 0 saturated heterocycles. The highest BCUT2D eigenvalue weighted by molar-refractivity contribution is 5.52. The van der Waals surface area contributed by atoms with Gasteiger partial charge in [-0.3, -0.25) is 0 Å². The molecule has 3 N–H and O–H groups in total. The zero-order valence-corrected chi connectivity index (χ0v) is 10.6. The van der Waals surface area contributed by atoms with Gasteiger partial charge in [-0.05, 0) is 25.7 Å². The molecule has 94 valence electrons.